The predicted molar refractivity (Wildman–Crippen MR) is 72.9 cm³/mol. The van der Waals surface area contributed by atoms with Gasteiger partial charge in [-0.25, -0.2) is 0 Å². The molecule has 1 saturated carbocycles. The highest BCUT2D eigenvalue weighted by atomic mass is 32.2. The molecular formula is C13H23NO3S. The quantitative estimate of drug-likeness (QED) is 0.814. The van der Waals surface area contributed by atoms with Gasteiger partial charge in [-0.05, 0) is 32.6 Å². The number of hydrogen-bond acceptors (Lipinski definition) is 4. The molecule has 1 saturated heterocycles. The van der Waals surface area contributed by atoms with E-state index < -0.39 is 11.6 Å². The smallest absolute Gasteiger partial charge is 0.306 e. The van der Waals surface area contributed by atoms with E-state index in [1.54, 1.807) is 0 Å². The molecule has 1 aliphatic heterocycles. The van der Waals surface area contributed by atoms with Gasteiger partial charge >= 0.3 is 5.97 Å². The predicted octanol–water partition coefficient (Wildman–Crippen LogP) is 1.43. The fourth-order valence-corrected chi connectivity index (χ4v) is 4.02. The van der Waals surface area contributed by atoms with Gasteiger partial charge in [0.1, 0.15) is 0 Å². The van der Waals surface area contributed by atoms with E-state index in [9.17, 15) is 9.90 Å². The summed E-state index contributed by atoms with van der Waals surface area (Å²) < 4.78 is 0. The van der Waals surface area contributed by atoms with E-state index >= 15 is 0 Å². The number of aliphatic hydroxyl groups is 1. The lowest BCUT2D eigenvalue weighted by atomic mass is 9.78. The summed E-state index contributed by atoms with van der Waals surface area (Å²) in [5.74, 6) is 1.31. The Bertz CT molecular complexity index is 303. The first-order chi connectivity index (χ1) is 8.50. The van der Waals surface area contributed by atoms with E-state index in [-0.39, 0.29) is 5.92 Å². The summed E-state index contributed by atoms with van der Waals surface area (Å²) in [6.45, 7) is 3.95. The zero-order valence-electron chi connectivity index (χ0n) is 11.0. The van der Waals surface area contributed by atoms with Gasteiger partial charge in [-0.1, -0.05) is 0 Å². The van der Waals surface area contributed by atoms with E-state index in [0.717, 1.165) is 18.1 Å². The molecule has 18 heavy (non-hydrogen) atoms. The van der Waals surface area contributed by atoms with Crippen molar-refractivity contribution < 1.29 is 15.0 Å². The number of hydrogen-bond donors (Lipinski definition) is 2. The van der Waals surface area contributed by atoms with E-state index in [4.69, 9.17) is 5.11 Å². The van der Waals surface area contributed by atoms with Crippen LogP contribution in [0.5, 0.6) is 0 Å². The van der Waals surface area contributed by atoms with Gasteiger partial charge in [0.2, 0.25) is 0 Å². The summed E-state index contributed by atoms with van der Waals surface area (Å²) in [5.41, 5.74) is -0.664. The average molecular weight is 273 g/mol. The minimum Gasteiger partial charge on any atom is -0.481 e. The zero-order valence-corrected chi connectivity index (χ0v) is 11.8. The zero-order chi connectivity index (χ0) is 13.2. The van der Waals surface area contributed by atoms with Gasteiger partial charge in [-0.2, -0.15) is 11.8 Å². The monoisotopic (exact) mass is 273 g/mol. The number of carbonyl (C=O) groups is 1. The van der Waals surface area contributed by atoms with Crippen LogP contribution < -0.4 is 0 Å². The van der Waals surface area contributed by atoms with Crippen molar-refractivity contribution in [3.8, 4) is 0 Å². The minimum absolute atomic E-state index is 0.250. The highest BCUT2D eigenvalue weighted by molar-refractivity contribution is 7.99. The third-order valence-corrected chi connectivity index (χ3v) is 5.46. The molecule has 0 aromatic heterocycles. The lowest BCUT2D eigenvalue weighted by Crippen LogP contribution is -2.51. The Balaban J connectivity index is 1.87. The fourth-order valence-electron chi connectivity index (χ4n) is 2.93. The van der Waals surface area contributed by atoms with Crippen LogP contribution in [0.15, 0.2) is 0 Å². The van der Waals surface area contributed by atoms with E-state index in [0.29, 0.717) is 38.3 Å². The van der Waals surface area contributed by atoms with Crippen LogP contribution in [0.3, 0.4) is 0 Å². The van der Waals surface area contributed by atoms with Crippen molar-refractivity contribution in [1.82, 2.24) is 4.90 Å². The molecule has 0 amide bonds. The molecule has 2 aliphatic rings. The number of carboxylic acid groups (broad SMARTS) is 1. The van der Waals surface area contributed by atoms with Crippen LogP contribution in [0.2, 0.25) is 0 Å². The topological polar surface area (TPSA) is 60.8 Å². The molecule has 5 heteroatoms. The number of thioether (sulfide) groups is 1. The van der Waals surface area contributed by atoms with Crippen molar-refractivity contribution in [2.45, 2.75) is 44.2 Å². The van der Waals surface area contributed by atoms with Crippen molar-refractivity contribution in [2.24, 2.45) is 5.92 Å². The second-order valence-electron chi connectivity index (χ2n) is 5.73. The van der Waals surface area contributed by atoms with E-state index in [1.807, 2.05) is 11.8 Å². The molecule has 104 valence electrons. The summed E-state index contributed by atoms with van der Waals surface area (Å²) >= 11 is 1.97. The first kappa shape index (κ1) is 14.2. The molecule has 2 fully saturated rings. The van der Waals surface area contributed by atoms with Gasteiger partial charge in [-0.3, -0.25) is 9.69 Å². The molecule has 1 atom stereocenters. The SMILES string of the molecule is CC1CSCCN1CC1(O)CCC(C(=O)O)CC1. The second kappa shape index (κ2) is 5.80. The molecular weight excluding hydrogens is 250 g/mol. The van der Waals surface area contributed by atoms with Crippen molar-refractivity contribution in [2.75, 3.05) is 24.6 Å². The van der Waals surface area contributed by atoms with Gasteiger partial charge in [0.05, 0.1) is 11.5 Å². The molecule has 1 aliphatic carbocycles. The van der Waals surface area contributed by atoms with Crippen LogP contribution in [0.4, 0.5) is 0 Å². The Morgan fingerprint density at radius 3 is 2.67 bits per heavy atom. The van der Waals surface area contributed by atoms with Crippen LogP contribution in [-0.2, 0) is 4.79 Å². The van der Waals surface area contributed by atoms with E-state index in [2.05, 4.69) is 11.8 Å². The first-order valence-corrected chi connectivity index (χ1v) is 7.93. The highest BCUT2D eigenvalue weighted by Crippen LogP contribution is 2.34. The minimum atomic E-state index is -0.709. The van der Waals surface area contributed by atoms with Gasteiger partial charge < -0.3 is 10.2 Å². The second-order valence-corrected chi connectivity index (χ2v) is 6.88. The van der Waals surface area contributed by atoms with Crippen molar-refractivity contribution in [3.05, 3.63) is 0 Å². The summed E-state index contributed by atoms with van der Waals surface area (Å²) in [6.07, 6.45) is 2.48. The number of aliphatic carboxylic acids is 1. The van der Waals surface area contributed by atoms with Crippen LogP contribution in [0.25, 0.3) is 0 Å². The van der Waals surface area contributed by atoms with Crippen LogP contribution in [0.1, 0.15) is 32.6 Å². The Kier molecular flexibility index (Phi) is 4.56. The number of carboxylic acids is 1. The molecule has 0 spiro atoms. The summed E-state index contributed by atoms with van der Waals surface area (Å²) in [5, 5.41) is 19.6. The van der Waals surface area contributed by atoms with Crippen LogP contribution in [0, 0.1) is 5.92 Å². The average Bonchev–Trinajstić information content (AvgIpc) is 2.32. The van der Waals surface area contributed by atoms with Gasteiger partial charge in [0.15, 0.2) is 0 Å². The maximum Gasteiger partial charge on any atom is 0.306 e. The number of β-amino-alcohol motifs (C(OH)–C–C–N with tert-alkyl or cyclic N) is 1. The molecule has 1 unspecified atom stereocenters. The van der Waals surface area contributed by atoms with Gasteiger partial charge in [-0.15, -0.1) is 0 Å². The Hall–Kier alpha value is -0.260. The first-order valence-electron chi connectivity index (χ1n) is 6.77. The molecule has 0 radical (unpaired) electrons. The molecule has 4 nitrogen and oxygen atoms in total. The molecule has 0 aromatic carbocycles. The maximum atomic E-state index is 10.9. The Labute approximate surface area is 113 Å². The standard InChI is InChI=1S/C13H23NO3S/c1-10-8-18-7-6-14(10)9-13(17)4-2-11(3-5-13)12(15)16/h10-11,17H,2-9H2,1H3,(H,15,16). The number of rotatable bonds is 3. The summed E-state index contributed by atoms with van der Waals surface area (Å²) in [6, 6.07) is 0.518. The fraction of sp³-hybridized carbons (Fsp3) is 0.923. The van der Waals surface area contributed by atoms with Gasteiger partial charge in [0.25, 0.3) is 0 Å². The van der Waals surface area contributed by atoms with Crippen LogP contribution >= 0.6 is 11.8 Å². The van der Waals surface area contributed by atoms with Crippen LogP contribution in [-0.4, -0.2) is 57.3 Å². The van der Waals surface area contributed by atoms with Crippen molar-refractivity contribution in [1.29, 1.82) is 0 Å². The third-order valence-electron chi connectivity index (χ3n) is 4.27. The molecule has 1 heterocycles. The van der Waals surface area contributed by atoms with E-state index in [1.165, 1.54) is 0 Å². The maximum absolute atomic E-state index is 10.9. The summed E-state index contributed by atoms with van der Waals surface area (Å²) in [4.78, 5) is 13.3. The molecule has 0 aromatic rings. The molecule has 2 N–H and O–H groups in total. The normalized spacial score (nSPS) is 38.6. The lowest BCUT2D eigenvalue weighted by molar-refractivity contribution is -0.145. The number of nitrogens with zero attached hydrogens (tertiary/aromatic N) is 1. The molecule has 2 rings (SSSR count). The highest BCUT2D eigenvalue weighted by Gasteiger charge is 2.38. The largest absolute Gasteiger partial charge is 0.481 e. The van der Waals surface area contributed by atoms with Crippen molar-refractivity contribution in [3.63, 3.8) is 0 Å². The lowest BCUT2D eigenvalue weighted by Gasteiger charge is -2.42. The molecule has 0 bridgehead atoms. The Morgan fingerprint density at radius 1 is 1.44 bits per heavy atom. The third kappa shape index (κ3) is 3.39. The Morgan fingerprint density at radius 2 is 2.11 bits per heavy atom. The van der Waals surface area contributed by atoms with Gasteiger partial charge in [0, 0.05) is 30.6 Å². The summed E-state index contributed by atoms with van der Waals surface area (Å²) in [7, 11) is 0. The van der Waals surface area contributed by atoms with Crippen molar-refractivity contribution >= 4 is 17.7 Å².